The van der Waals surface area contributed by atoms with Crippen LogP contribution in [0.4, 0.5) is 17.2 Å². The molecule has 1 fully saturated rings. The Kier molecular flexibility index (Phi) is 7.89. The summed E-state index contributed by atoms with van der Waals surface area (Å²) >= 11 is 0. The van der Waals surface area contributed by atoms with Crippen LogP contribution in [0, 0.1) is 10.8 Å². The van der Waals surface area contributed by atoms with Gasteiger partial charge in [-0.05, 0) is 54.8 Å². The van der Waals surface area contributed by atoms with Crippen LogP contribution in [0.3, 0.4) is 0 Å². The van der Waals surface area contributed by atoms with Gasteiger partial charge < -0.3 is 10.3 Å². The fourth-order valence-corrected chi connectivity index (χ4v) is 6.00. The molecule has 1 saturated heterocycles. The Bertz CT molecular complexity index is 1830. The molecular formula is C34H36N8O. The summed E-state index contributed by atoms with van der Waals surface area (Å²) in [7, 11) is 0. The van der Waals surface area contributed by atoms with Gasteiger partial charge in [0.15, 0.2) is 5.82 Å². The first-order valence-electron chi connectivity index (χ1n) is 14.9. The third kappa shape index (κ3) is 5.35. The van der Waals surface area contributed by atoms with Crippen LogP contribution in [0.2, 0.25) is 0 Å². The molecule has 0 unspecified atom stereocenters. The van der Waals surface area contributed by atoms with Crippen molar-refractivity contribution in [1.29, 1.82) is 10.8 Å². The van der Waals surface area contributed by atoms with E-state index in [2.05, 4.69) is 32.3 Å². The molecule has 3 aromatic carbocycles. The Morgan fingerprint density at radius 3 is 2.44 bits per heavy atom. The number of hydrogen-bond acceptors (Lipinski definition) is 6. The smallest absolute Gasteiger partial charge is 0.326 e. The summed E-state index contributed by atoms with van der Waals surface area (Å²) in [6.07, 6.45) is 3.55. The second-order valence-corrected chi connectivity index (χ2v) is 10.6. The van der Waals surface area contributed by atoms with Crippen LogP contribution in [-0.4, -0.2) is 44.2 Å². The first kappa shape index (κ1) is 28.1. The van der Waals surface area contributed by atoms with Crippen molar-refractivity contribution in [2.24, 2.45) is 0 Å². The summed E-state index contributed by atoms with van der Waals surface area (Å²) in [6.45, 7) is 6.64. The van der Waals surface area contributed by atoms with Crippen molar-refractivity contribution in [2.45, 2.75) is 39.3 Å². The van der Waals surface area contributed by atoms with Crippen molar-refractivity contribution in [2.75, 3.05) is 23.3 Å². The normalized spacial score (nSPS) is 15.1. The molecule has 218 valence electrons. The molecule has 0 amide bonds. The molecule has 2 aliphatic rings. The highest BCUT2D eigenvalue weighted by Gasteiger charge is 2.28. The third-order valence-electron chi connectivity index (χ3n) is 8.09. The molecule has 2 aliphatic heterocycles. The van der Waals surface area contributed by atoms with Crippen LogP contribution >= 0.6 is 0 Å². The number of nitrogens with one attached hydrogen (secondary N) is 4. The van der Waals surface area contributed by atoms with E-state index in [1.54, 1.807) is 11.1 Å². The second-order valence-electron chi connectivity index (χ2n) is 10.6. The molecule has 7 rings (SSSR count). The molecule has 0 atom stereocenters. The summed E-state index contributed by atoms with van der Waals surface area (Å²) in [6, 6.07) is 27.5. The Balaban J connectivity index is 0.00000161. The lowest BCUT2D eigenvalue weighted by molar-refractivity contribution is 0.180. The number of piperidine rings is 1. The van der Waals surface area contributed by atoms with Gasteiger partial charge in [0, 0.05) is 43.0 Å². The van der Waals surface area contributed by atoms with Gasteiger partial charge >= 0.3 is 5.69 Å². The van der Waals surface area contributed by atoms with E-state index in [4.69, 9.17) is 10.8 Å². The lowest BCUT2D eigenvalue weighted by atomic mass is 10.0. The minimum absolute atomic E-state index is 0.0298. The van der Waals surface area contributed by atoms with Crippen LogP contribution in [0.5, 0.6) is 0 Å². The van der Waals surface area contributed by atoms with E-state index in [1.165, 1.54) is 5.56 Å². The number of para-hydroxylation sites is 3. The van der Waals surface area contributed by atoms with E-state index in [0.29, 0.717) is 17.1 Å². The number of likely N-dealkylation sites (tertiary alicyclic amines) is 1. The molecule has 0 radical (unpaired) electrons. The fourth-order valence-electron chi connectivity index (χ4n) is 6.00. The number of amidine groups is 2. The van der Waals surface area contributed by atoms with Gasteiger partial charge in [-0.2, -0.15) is 0 Å². The largest absolute Gasteiger partial charge is 0.338 e. The van der Waals surface area contributed by atoms with E-state index < -0.39 is 0 Å². The van der Waals surface area contributed by atoms with Crippen molar-refractivity contribution in [3.05, 3.63) is 118 Å². The number of imidazole rings is 1. The first-order valence-corrected chi connectivity index (χ1v) is 14.9. The van der Waals surface area contributed by atoms with E-state index in [1.807, 2.05) is 91.2 Å². The highest BCUT2D eigenvalue weighted by atomic mass is 16.1. The van der Waals surface area contributed by atoms with Gasteiger partial charge in [0.25, 0.3) is 0 Å². The number of pyridine rings is 1. The van der Waals surface area contributed by atoms with Crippen molar-refractivity contribution < 1.29 is 0 Å². The first-order chi connectivity index (χ1) is 21.1. The van der Waals surface area contributed by atoms with E-state index in [0.717, 1.165) is 54.8 Å². The van der Waals surface area contributed by atoms with Crippen molar-refractivity contribution in [3.8, 4) is 0 Å². The standard InChI is InChI=1S/C32H30N8O.C2H6/c33-29(40-28-10-5-17-35-31(28)36-25-7-2-1-6-24(25)30(40)34)22-13-11-21(12-14-22)20-38-18-15-23(16-19-38)39-27-9-4-3-8-26(27)37-32(39)41;1-2/h1-14,17,23,33-34H,15-16,18-20H2,(H,35,36)(H,37,41);1-2H3. The molecule has 0 aliphatic carbocycles. The zero-order valence-electron chi connectivity index (χ0n) is 24.5. The summed E-state index contributed by atoms with van der Waals surface area (Å²) in [5, 5.41) is 21.4. The molecule has 4 N–H and O–H groups in total. The van der Waals surface area contributed by atoms with Gasteiger partial charge in [-0.25, -0.2) is 9.78 Å². The fraction of sp³-hybridized carbons (Fsp3) is 0.235. The molecule has 0 spiro atoms. The average molecular weight is 573 g/mol. The molecular weight excluding hydrogens is 536 g/mol. The maximum absolute atomic E-state index is 12.6. The molecule has 2 aromatic heterocycles. The molecule has 43 heavy (non-hydrogen) atoms. The Hall–Kier alpha value is -5.02. The number of hydrogen-bond donors (Lipinski definition) is 4. The van der Waals surface area contributed by atoms with Crippen LogP contribution in [0.15, 0.2) is 95.9 Å². The average Bonchev–Trinajstić information content (AvgIpc) is 3.32. The van der Waals surface area contributed by atoms with Crippen molar-refractivity contribution in [1.82, 2.24) is 19.4 Å². The number of aromatic amines is 1. The number of benzene rings is 3. The molecule has 0 saturated carbocycles. The quantitative estimate of drug-likeness (QED) is 0.145. The van der Waals surface area contributed by atoms with Crippen LogP contribution in [0.1, 0.15) is 49.4 Å². The summed E-state index contributed by atoms with van der Waals surface area (Å²) in [5.74, 6) is 1.06. The van der Waals surface area contributed by atoms with Gasteiger partial charge in [0.05, 0.1) is 22.4 Å². The second kappa shape index (κ2) is 12.1. The monoisotopic (exact) mass is 572 g/mol. The minimum Gasteiger partial charge on any atom is -0.338 e. The SMILES string of the molecule is CC.N=C(c1ccc(CN2CCC(n3c(=O)[nH]c4ccccc43)CC2)cc1)N1C(=N)c2ccccc2Nc2ncccc21. The molecule has 0 bridgehead atoms. The van der Waals surface area contributed by atoms with Gasteiger partial charge in [-0.1, -0.05) is 62.4 Å². The summed E-state index contributed by atoms with van der Waals surface area (Å²) in [5.41, 5.74) is 5.91. The topological polar surface area (TPSA) is 117 Å². The number of nitrogens with zero attached hydrogens (tertiary/aromatic N) is 4. The number of aromatic nitrogens is 3. The third-order valence-corrected chi connectivity index (χ3v) is 8.09. The summed E-state index contributed by atoms with van der Waals surface area (Å²) in [4.78, 5) is 24.2. The molecule has 9 nitrogen and oxygen atoms in total. The summed E-state index contributed by atoms with van der Waals surface area (Å²) < 4.78 is 1.93. The number of anilines is 3. The zero-order valence-corrected chi connectivity index (χ0v) is 24.5. The Morgan fingerprint density at radius 2 is 1.65 bits per heavy atom. The predicted molar refractivity (Wildman–Crippen MR) is 174 cm³/mol. The van der Waals surface area contributed by atoms with Crippen LogP contribution in [-0.2, 0) is 6.54 Å². The molecule has 5 aromatic rings. The van der Waals surface area contributed by atoms with Crippen LogP contribution in [0.25, 0.3) is 11.0 Å². The Morgan fingerprint density at radius 1 is 0.930 bits per heavy atom. The Labute approximate surface area is 250 Å². The highest BCUT2D eigenvalue weighted by Crippen LogP contribution is 2.35. The van der Waals surface area contributed by atoms with Gasteiger partial charge in [-0.3, -0.25) is 25.2 Å². The van der Waals surface area contributed by atoms with E-state index in [-0.39, 0.29) is 23.4 Å². The zero-order chi connectivity index (χ0) is 29.9. The molecule has 9 heteroatoms. The molecule has 4 heterocycles. The highest BCUT2D eigenvalue weighted by molar-refractivity contribution is 6.30. The predicted octanol–water partition coefficient (Wildman–Crippen LogP) is 6.50. The van der Waals surface area contributed by atoms with Gasteiger partial charge in [0.1, 0.15) is 11.7 Å². The van der Waals surface area contributed by atoms with Gasteiger partial charge in [0.2, 0.25) is 0 Å². The van der Waals surface area contributed by atoms with Crippen LogP contribution < -0.4 is 15.9 Å². The number of H-pyrrole nitrogens is 1. The van der Waals surface area contributed by atoms with E-state index >= 15 is 0 Å². The van der Waals surface area contributed by atoms with Crippen molar-refractivity contribution in [3.63, 3.8) is 0 Å². The maximum atomic E-state index is 12.6. The lowest BCUT2D eigenvalue weighted by Crippen LogP contribution is -2.37. The lowest BCUT2D eigenvalue weighted by Gasteiger charge is -2.32. The number of fused-ring (bicyclic) bond motifs is 3. The number of rotatable bonds is 4. The van der Waals surface area contributed by atoms with E-state index in [9.17, 15) is 4.79 Å². The maximum Gasteiger partial charge on any atom is 0.326 e. The van der Waals surface area contributed by atoms with Crippen molar-refractivity contribution >= 4 is 39.9 Å². The minimum atomic E-state index is -0.0298. The van der Waals surface area contributed by atoms with Gasteiger partial charge in [-0.15, -0.1) is 0 Å².